The second-order valence-electron chi connectivity index (χ2n) is 31.6. The number of ketones is 3. The van der Waals surface area contributed by atoms with Crippen molar-refractivity contribution < 1.29 is 192 Å². The number of ether oxygens (including phenoxy) is 13. The van der Waals surface area contributed by atoms with Gasteiger partial charge < -0.3 is 177 Å². The highest BCUT2D eigenvalue weighted by atomic mass is 32.5. The third-order valence-electron chi connectivity index (χ3n) is 21.5. The van der Waals surface area contributed by atoms with Crippen LogP contribution in [0.5, 0.6) is 0 Å². The molecule has 728 valence electrons. The largest absolute Gasteiger partial charge is 0.394 e. The summed E-state index contributed by atoms with van der Waals surface area (Å²) in [5, 5.41) is 90.0. The molecule has 0 aromatic heterocycles. The van der Waals surface area contributed by atoms with E-state index in [2.05, 4.69) is 0 Å². The van der Waals surface area contributed by atoms with Gasteiger partial charge >= 0.3 is 33.6 Å². The Kier molecular flexibility index (Phi) is 54.7. The fourth-order valence-electron chi connectivity index (χ4n) is 14.1. The van der Waals surface area contributed by atoms with Crippen molar-refractivity contribution in [3.8, 4) is 0 Å². The van der Waals surface area contributed by atoms with Crippen LogP contribution in [0.3, 0.4) is 0 Å². The summed E-state index contributed by atoms with van der Waals surface area (Å²) in [4.78, 5) is 93.5. The highest BCUT2D eigenvalue weighted by molar-refractivity contribution is 8.08. The van der Waals surface area contributed by atoms with E-state index < -0.39 is 195 Å². The summed E-state index contributed by atoms with van der Waals surface area (Å²) in [5.41, 5.74) is 0. The standard InChI is InChI=1S/C74H137O40P5S5/c1-48-58(39-75)109-72(49(2)67(48)82)96-43-52(79)24-15-10-7-13-19-29-94-65-37-56(113-118(90,123)101-31-21-27-92-5)62(107-65)46-104-116(88,121)100-33-23-35-103-119(91,124)114-57-38-66(95-30-20-14-8-11-17-26-54(81)45-98-74-51(4)69(84)71(86)61(42-78)111-74)108-63(57)47-105-115(87,120)99-32-22-34-102-117(89,122)112-55-36-64(106-59(55)40-76)93-28-18-12-6-9-16-25-53(80)44-97-73-50(3)68(83)70(85)60(41-77)110-73/h48-51,55-78,82-86H,6-47H2,1-5H3,(H,87,120)(H,88,121)(H,89,122)(H,90,123)(H,91,124)/t48-,49?,50?,51?,55?,56+,57+,58?,59+,60?,61?,62?,63?,64+,65+,66+,67-,68+,69+,70-,71-,72+,73+,74+,115?,116?,117?,118?,119?/m0/s1. The van der Waals surface area contributed by atoms with Crippen LogP contribution in [0.15, 0.2) is 0 Å². The molecule has 6 fully saturated rings. The number of aliphatic hydroxyl groups is 9. The molecule has 6 aliphatic rings. The number of aliphatic hydroxyl groups excluding tert-OH is 9. The minimum absolute atomic E-state index is 0.00365. The molecule has 0 radical (unpaired) electrons. The summed E-state index contributed by atoms with van der Waals surface area (Å²) >= 11 is 26.7. The first-order chi connectivity index (χ1) is 58.9. The van der Waals surface area contributed by atoms with Gasteiger partial charge in [0, 0.05) is 95.7 Å². The van der Waals surface area contributed by atoms with Gasteiger partial charge in [0.05, 0.1) is 97.1 Å². The van der Waals surface area contributed by atoms with Crippen LogP contribution in [-0.4, -0.2) is 337 Å². The van der Waals surface area contributed by atoms with Crippen LogP contribution in [0, 0.1) is 23.7 Å². The van der Waals surface area contributed by atoms with Crippen LogP contribution in [-0.2, 0) is 180 Å². The number of unbranched alkanes of at least 4 members (excludes halogenated alkanes) is 12. The summed E-state index contributed by atoms with van der Waals surface area (Å²) in [7, 11) is 1.52. The lowest BCUT2D eigenvalue weighted by Crippen LogP contribution is -2.55. The molecule has 50 heteroatoms. The van der Waals surface area contributed by atoms with E-state index in [9.17, 15) is 84.8 Å². The van der Waals surface area contributed by atoms with Crippen molar-refractivity contribution >= 4 is 110 Å². The van der Waals surface area contributed by atoms with Gasteiger partial charge in [-0.05, 0) is 117 Å². The zero-order valence-electron chi connectivity index (χ0n) is 71.2. The maximum atomic E-state index is 12.7. The lowest BCUT2D eigenvalue weighted by atomic mass is 9.86. The first-order valence-corrected chi connectivity index (χ1v) is 55.6. The van der Waals surface area contributed by atoms with E-state index in [0.29, 0.717) is 77.6 Å². The molecule has 6 aliphatic heterocycles. The second-order valence-corrected chi connectivity index (χ2v) is 45.6. The molecule has 6 rings (SSSR count). The lowest BCUT2D eigenvalue weighted by molar-refractivity contribution is -0.280. The molecule has 6 heterocycles. The number of hydrogen-bond acceptors (Lipinski definition) is 40. The molecular formula is C74H137O40P5S5. The number of hydrogen-bond donors (Lipinski definition) is 14. The Hall–Kier alpha value is 0.780. The number of Topliss-reactive ketones (excluding diaryl/α,β-unsaturated/α-hetero) is 3. The maximum Gasteiger partial charge on any atom is 0.324 e. The third kappa shape index (κ3) is 42.6. The summed E-state index contributed by atoms with van der Waals surface area (Å²) in [6.07, 6.45) is -7.17. The van der Waals surface area contributed by atoms with E-state index in [4.69, 9.17) is 166 Å². The fraction of sp³-hybridized carbons (Fsp3) is 0.959. The van der Waals surface area contributed by atoms with E-state index in [1.54, 1.807) is 27.7 Å². The molecule has 0 aliphatic carbocycles. The van der Waals surface area contributed by atoms with Crippen molar-refractivity contribution in [3.05, 3.63) is 0 Å². The predicted molar refractivity (Wildman–Crippen MR) is 459 cm³/mol. The quantitative estimate of drug-likeness (QED) is 0.0286. The summed E-state index contributed by atoms with van der Waals surface area (Å²) in [6.45, 7) is -16.2. The summed E-state index contributed by atoms with van der Waals surface area (Å²) < 4.78 is 132. The molecular weight excluding hydrogens is 1840 g/mol. The van der Waals surface area contributed by atoms with Crippen LogP contribution in [0.25, 0.3) is 0 Å². The second kappa shape index (κ2) is 59.7. The van der Waals surface area contributed by atoms with E-state index in [1.807, 2.05) is 0 Å². The Labute approximate surface area is 751 Å². The van der Waals surface area contributed by atoms with Crippen LogP contribution < -0.4 is 0 Å². The van der Waals surface area contributed by atoms with Gasteiger partial charge in [-0.25, -0.2) is 0 Å². The van der Waals surface area contributed by atoms with Gasteiger partial charge in [-0.2, -0.15) is 0 Å². The molecule has 0 aromatic rings. The monoisotopic (exact) mass is 1980 g/mol. The van der Waals surface area contributed by atoms with Crippen LogP contribution >= 0.6 is 33.6 Å². The van der Waals surface area contributed by atoms with Gasteiger partial charge in [0.25, 0.3) is 0 Å². The topological polar surface area (TPSA) is 547 Å². The predicted octanol–water partition coefficient (Wildman–Crippen LogP) is 4.83. The van der Waals surface area contributed by atoms with Crippen molar-refractivity contribution in [3.63, 3.8) is 0 Å². The first kappa shape index (κ1) is 114. The highest BCUT2D eigenvalue weighted by Gasteiger charge is 2.48. The van der Waals surface area contributed by atoms with Crippen molar-refractivity contribution in [1.82, 2.24) is 0 Å². The molecule has 6 saturated heterocycles. The maximum absolute atomic E-state index is 12.7. The molecule has 124 heavy (non-hydrogen) atoms. The van der Waals surface area contributed by atoms with E-state index in [-0.39, 0.29) is 147 Å². The third-order valence-corrected chi connectivity index (χ3v) is 29.6. The van der Waals surface area contributed by atoms with Gasteiger partial charge in [-0.1, -0.05) is 85.5 Å². The van der Waals surface area contributed by atoms with Crippen molar-refractivity contribution in [1.29, 1.82) is 0 Å². The molecule has 29 atom stereocenters. The van der Waals surface area contributed by atoms with E-state index in [1.165, 1.54) is 7.11 Å². The summed E-state index contributed by atoms with van der Waals surface area (Å²) in [5.74, 6) is -2.32. The Morgan fingerprint density at radius 3 is 0.919 bits per heavy atom. The summed E-state index contributed by atoms with van der Waals surface area (Å²) in [6, 6.07) is 0. The minimum atomic E-state index is -4.12. The average Bonchev–Trinajstić information content (AvgIpc) is 1.43. The first-order valence-electron chi connectivity index (χ1n) is 42.6. The van der Waals surface area contributed by atoms with Gasteiger partial charge in [-0.15, -0.1) is 0 Å². The molecule has 40 nitrogen and oxygen atoms in total. The van der Waals surface area contributed by atoms with Gasteiger partial charge in [0.15, 0.2) is 55.1 Å². The zero-order valence-corrected chi connectivity index (χ0v) is 79.8. The van der Waals surface area contributed by atoms with Crippen molar-refractivity contribution in [2.24, 2.45) is 23.7 Å². The van der Waals surface area contributed by atoms with Crippen LogP contribution in [0.1, 0.15) is 182 Å². The molecule has 0 saturated carbocycles. The van der Waals surface area contributed by atoms with Crippen molar-refractivity contribution in [2.75, 3.05) is 126 Å². The van der Waals surface area contributed by atoms with E-state index in [0.717, 1.165) is 51.4 Å². The average molecular weight is 1980 g/mol. The molecule has 0 aromatic carbocycles. The number of rotatable bonds is 69. The lowest BCUT2D eigenvalue weighted by Gasteiger charge is -2.41. The van der Waals surface area contributed by atoms with Gasteiger partial charge in [0.2, 0.25) is 0 Å². The Morgan fingerprint density at radius 2 is 0.589 bits per heavy atom. The zero-order chi connectivity index (χ0) is 91.1. The Bertz CT molecular complexity index is 3270. The van der Waals surface area contributed by atoms with Crippen LogP contribution in [0.2, 0.25) is 0 Å². The van der Waals surface area contributed by atoms with Crippen LogP contribution in [0.4, 0.5) is 0 Å². The van der Waals surface area contributed by atoms with Gasteiger partial charge in [0.1, 0.15) is 80.9 Å². The number of carbonyl (C=O) groups excluding carboxylic acids is 3. The highest BCUT2D eigenvalue weighted by Crippen LogP contribution is 2.53. The smallest absolute Gasteiger partial charge is 0.324 e. The van der Waals surface area contributed by atoms with E-state index >= 15 is 0 Å². The fourth-order valence-corrected chi connectivity index (χ4v) is 21.1. The molecule has 0 amide bonds. The molecule has 14 N–H and O–H groups in total. The number of carbonyl (C=O) groups is 3. The minimum Gasteiger partial charge on any atom is -0.394 e. The Balaban J connectivity index is 0.902. The number of methoxy groups -OCH3 is 1. The molecule has 0 bridgehead atoms. The van der Waals surface area contributed by atoms with Crippen molar-refractivity contribution in [2.45, 2.75) is 305 Å². The van der Waals surface area contributed by atoms with Gasteiger partial charge in [-0.3, -0.25) is 14.4 Å². The molecule has 0 spiro atoms. The SMILES string of the molecule is COCCCOP(O)(=S)O[C@@H]1C[C@H](OCCCCCCCC(=O)CO[C@@H]2OC(CO)[C@H](C)[C@H](O)C2C)OC1COP(O)(=S)OCCCOP(O)(=S)O[C@@H]1C[C@H](OCCCCCCCC(=O)CO[C@@H]2OC(CO)[C@H](O)[C@H](O)C2C)OC1COP(O)(=S)OCCCOP(O)(=S)OC1C[C@H](OCCCCCCCC(=O)CO[C@@H]2OC(CO)[C@H](O)[C@H](O)C2C)O[C@@H]1CO. The normalized spacial score (nSPS) is 33.0. The molecule has 14 unspecified atom stereocenters. The Morgan fingerprint density at radius 1 is 0.306 bits per heavy atom.